The van der Waals surface area contributed by atoms with E-state index >= 15 is 0 Å². The fourth-order valence-electron chi connectivity index (χ4n) is 1.72. The molecule has 1 aromatic carbocycles. The molecule has 0 bridgehead atoms. The second-order valence-electron chi connectivity index (χ2n) is 4.08. The molecule has 0 unspecified atom stereocenters. The smallest absolute Gasteiger partial charge is 0.224 e. The van der Waals surface area contributed by atoms with Crippen LogP contribution in [0.4, 0.5) is 10.2 Å². The number of hydrogen-bond acceptors (Lipinski definition) is 3. The Balaban J connectivity index is 1.98. The van der Waals surface area contributed by atoms with Gasteiger partial charge in [0.25, 0.3) is 0 Å². The van der Waals surface area contributed by atoms with Gasteiger partial charge in [0, 0.05) is 12.7 Å². The standard InChI is InChI=1S/C13H12BrClFN3/c1-8-6-10(16)3-2-9(8)4-5-17-12-11(14)7-18-13(15)19-12/h2-3,6-7H,4-5H2,1H3,(H,17,18,19). The van der Waals surface area contributed by atoms with Crippen LogP contribution in [-0.2, 0) is 6.42 Å². The molecule has 0 atom stereocenters. The number of halogens is 3. The molecular weight excluding hydrogens is 333 g/mol. The molecule has 2 aromatic rings. The van der Waals surface area contributed by atoms with Gasteiger partial charge in [-0.1, -0.05) is 6.07 Å². The largest absolute Gasteiger partial charge is 0.369 e. The van der Waals surface area contributed by atoms with Crippen LogP contribution < -0.4 is 5.32 Å². The van der Waals surface area contributed by atoms with Gasteiger partial charge < -0.3 is 5.32 Å². The monoisotopic (exact) mass is 343 g/mol. The lowest BCUT2D eigenvalue weighted by atomic mass is 10.1. The first kappa shape index (κ1) is 14.2. The first-order chi connectivity index (χ1) is 9.06. The molecular formula is C13H12BrClFN3. The van der Waals surface area contributed by atoms with Crippen molar-refractivity contribution in [3.05, 3.63) is 51.1 Å². The third-order valence-corrected chi connectivity index (χ3v) is 3.47. The van der Waals surface area contributed by atoms with Gasteiger partial charge >= 0.3 is 0 Å². The quantitative estimate of drug-likeness (QED) is 0.852. The molecule has 0 radical (unpaired) electrons. The molecule has 100 valence electrons. The Kier molecular flexibility index (Phi) is 4.71. The summed E-state index contributed by atoms with van der Waals surface area (Å²) in [4.78, 5) is 7.93. The van der Waals surface area contributed by atoms with Crippen molar-refractivity contribution in [2.24, 2.45) is 0 Å². The van der Waals surface area contributed by atoms with Crippen LogP contribution in [0, 0.1) is 12.7 Å². The van der Waals surface area contributed by atoms with Crippen LogP contribution in [0.15, 0.2) is 28.9 Å². The van der Waals surface area contributed by atoms with Gasteiger partial charge in [-0.15, -0.1) is 0 Å². The van der Waals surface area contributed by atoms with E-state index in [-0.39, 0.29) is 11.1 Å². The van der Waals surface area contributed by atoms with Crippen molar-refractivity contribution in [2.45, 2.75) is 13.3 Å². The van der Waals surface area contributed by atoms with Crippen molar-refractivity contribution in [3.8, 4) is 0 Å². The van der Waals surface area contributed by atoms with Crippen LogP contribution in [0.5, 0.6) is 0 Å². The van der Waals surface area contributed by atoms with Crippen LogP contribution >= 0.6 is 27.5 Å². The maximum Gasteiger partial charge on any atom is 0.224 e. The van der Waals surface area contributed by atoms with E-state index in [0.29, 0.717) is 12.4 Å². The summed E-state index contributed by atoms with van der Waals surface area (Å²) in [5.74, 6) is 0.444. The lowest BCUT2D eigenvalue weighted by molar-refractivity contribution is 0.625. The van der Waals surface area contributed by atoms with Gasteiger partial charge in [0.2, 0.25) is 5.28 Å². The maximum atomic E-state index is 13.0. The Labute approximate surface area is 124 Å². The van der Waals surface area contributed by atoms with E-state index in [9.17, 15) is 4.39 Å². The lowest BCUT2D eigenvalue weighted by Gasteiger charge is -2.09. The zero-order valence-electron chi connectivity index (χ0n) is 10.3. The highest BCUT2D eigenvalue weighted by Crippen LogP contribution is 2.20. The summed E-state index contributed by atoms with van der Waals surface area (Å²) in [6.45, 7) is 2.58. The van der Waals surface area contributed by atoms with Crippen molar-refractivity contribution in [1.82, 2.24) is 9.97 Å². The van der Waals surface area contributed by atoms with Gasteiger partial charge in [-0.05, 0) is 64.1 Å². The third kappa shape index (κ3) is 3.88. The third-order valence-electron chi connectivity index (χ3n) is 2.71. The van der Waals surface area contributed by atoms with Crippen molar-refractivity contribution in [3.63, 3.8) is 0 Å². The Morgan fingerprint density at radius 3 is 2.95 bits per heavy atom. The normalized spacial score (nSPS) is 10.5. The van der Waals surface area contributed by atoms with Gasteiger partial charge in [0.15, 0.2) is 0 Å². The fourth-order valence-corrected chi connectivity index (χ4v) is 2.19. The predicted molar refractivity (Wildman–Crippen MR) is 78.1 cm³/mol. The molecule has 0 saturated heterocycles. The second-order valence-corrected chi connectivity index (χ2v) is 5.28. The average Bonchev–Trinajstić information content (AvgIpc) is 2.36. The number of nitrogens with zero attached hydrogens (tertiary/aromatic N) is 2. The summed E-state index contributed by atoms with van der Waals surface area (Å²) in [5.41, 5.74) is 2.05. The van der Waals surface area contributed by atoms with Gasteiger partial charge in [-0.2, -0.15) is 4.98 Å². The molecule has 3 nitrogen and oxygen atoms in total. The van der Waals surface area contributed by atoms with E-state index < -0.39 is 0 Å². The van der Waals surface area contributed by atoms with E-state index in [1.54, 1.807) is 12.3 Å². The SMILES string of the molecule is Cc1cc(F)ccc1CCNc1nc(Cl)ncc1Br. The van der Waals surface area contributed by atoms with Gasteiger partial charge in [0.05, 0.1) is 4.47 Å². The van der Waals surface area contributed by atoms with E-state index in [4.69, 9.17) is 11.6 Å². The molecule has 1 heterocycles. The zero-order valence-corrected chi connectivity index (χ0v) is 12.6. The molecule has 0 fully saturated rings. The van der Waals surface area contributed by atoms with E-state index in [1.165, 1.54) is 12.1 Å². The molecule has 6 heteroatoms. The number of nitrogens with one attached hydrogen (secondary N) is 1. The summed E-state index contributed by atoms with van der Waals surface area (Å²) in [6.07, 6.45) is 2.38. The first-order valence-corrected chi connectivity index (χ1v) is 6.90. The minimum atomic E-state index is -0.209. The summed E-state index contributed by atoms with van der Waals surface area (Å²) in [6, 6.07) is 4.81. The highest BCUT2D eigenvalue weighted by molar-refractivity contribution is 9.10. The minimum Gasteiger partial charge on any atom is -0.369 e. The molecule has 19 heavy (non-hydrogen) atoms. The molecule has 0 aliphatic rings. The number of aromatic nitrogens is 2. The van der Waals surface area contributed by atoms with Gasteiger partial charge in [-0.3, -0.25) is 0 Å². The van der Waals surface area contributed by atoms with E-state index in [1.807, 2.05) is 6.92 Å². The Morgan fingerprint density at radius 2 is 2.21 bits per heavy atom. The number of hydrogen-bond donors (Lipinski definition) is 1. The molecule has 0 spiro atoms. The number of rotatable bonds is 4. The predicted octanol–water partition coefficient (Wildman–Crippen LogP) is 3.99. The molecule has 0 aliphatic carbocycles. The van der Waals surface area contributed by atoms with Crippen LogP contribution in [0.2, 0.25) is 5.28 Å². The van der Waals surface area contributed by atoms with E-state index in [2.05, 4.69) is 31.2 Å². The molecule has 1 N–H and O–H groups in total. The van der Waals surface area contributed by atoms with Crippen molar-refractivity contribution < 1.29 is 4.39 Å². The van der Waals surface area contributed by atoms with Crippen molar-refractivity contribution in [1.29, 1.82) is 0 Å². The van der Waals surface area contributed by atoms with E-state index in [0.717, 1.165) is 22.0 Å². The van der Waals surface area contributed by atoms with Crippen molar-refractivity contribution >= 4 is 33.3 Å². The Morgan fingerprint density at radius 1 is 1.42 bits per heavy atom. The summed E-state index contributed by atoms with van der Waals surface area (Å²) in [7, 11) is 0. The lowest BCUT2D eigenvalue weighted by Crippen LogP contribution is -2.08. The summed E-state index contributed by atoms with van der Waals surface area (Å²) < 4.78 is 13.7. The molecule has 1 aromatic heterocycles. The van der Waals surface area contributed by atoms with Crippen molar-refractivity contribution in [2.75, 3.05) is 11.9 Å². The summed E-state index contributed by atoms with van der Waals surface area (Å²) in [5, 5.41) is 3.37. The minimum absolute atomic E-state index is 0.198. The molecule has 0 aliphatic heterocycles. The highest BCUT2D eigenvalue weighted by atomic mass is 79.9. The average molecular weight is 345 g/mol. The van der Waals surface area contributed by atoms with Crippen LogP contribution in [0.25, 0.3) is 0 Å². The topological polar surface area (TPSA) is 37.8 Å². The maximum absolute atomic E-state index is 13.0. The number of aryl methyl sites for hydroxylation is 1. The molecule has 0 amide bonds. The van der Waals surface area contributed by atoms with Gasteiger partial charge in [-0.25, -0.2) is 9.37 Å². The summed E-state index contributed by atoms with van der Waals surface area (Å²) >= 11 is 9.08. The zero-order chi connectivity index (χ0) is 13.8. The van der Waals surface area contributed by atoms with Gasteiger partial charge in [0.1, 0.15) is 11.6 Å². The van der Waals surface area contributed by atoms with Crippen LogP contribution in [0.1, 0.15) is 11.1 Å². The molecule has 2 rings (SSSR count). The molecule has 0 saturated carbocycles. The fraction of sp³-hybridized carbons (Fsp3) is 0.231. The van der Waals surface area contributed by atoms with Crippen LogP contribution in [0.3, 0.4) is 0 Å². The second kappa shape index (κ2) is 6.30. The van der Waals surface area contributed by atoms with Crippen LogP contribution in [-0.4, -0.2) is 16.5 Å². The number of benzene rings is 1. The highest BCUT2D eigenvalue weighted by Gasteiger charge is 2.04. The Hall–Kier alpha value is -1.20. The Bertz CT molecular complexity index is 592. The number of anilines is 1. The first-order valence-electron chi connectivity index (χ1n) is 5.73.